The Kier molecular flexibility index (Phi) is 6.02. The summed E-state index contributed by atoms with van der Waals surface area (Å²) in [6.07, 6.45) is 0.912. The van der Waals surface area contributed by atoms with Gasteiger partial charge in [-0.3, -0.25) is 9.79 Å². The molecule has 0 aromatic carbocycles. The number of aliphatic imine (C=N–C) groups is 1. The monoisotopic (exact) mass is 350 g/mol. The zero-order valence-corrected chi connectivity index (χ0v) is 16.1. The Morgan fingerprint density at radius 3 is 2.72 bits per heavy atom. The lowest BCUT2D eigenvalue weighted by molar-refractivity contribution is -0.133. The topological polar surface area (TPSA) is 95.7 Å². The van der Waals surface area contributed by atoms with Gasteiger partial charge >= 0.3 is 0 Å². The van der Waals surface area contributed by atoms with Gasteiger partial charge in [0.1, 0.15) is 0 Å². The second-order valence-electron chi connectivity index (χ2n) is 7.76. The molecule has 0 bridgehead atoms. The predicted molar refractivity (Wildman–Crippen MR) is 96.2 cm³/mol. The summed E-state index contributed by atoms with van der Waals surface area (Å²) < 4.78 is 5.29. The van der Waals surface area contributed by atoms with Crippen LogP contribution in [0, 0.1) is 5.92 Å². The Morgan fingerprint density at radius 2 is 2.16 bits per heavy atom. The number of carbonyl (C=O) groups excluding carboxylic acids is 1. The fraction of sp³-hybridized carbons (Fsp3) is 0.765. The van der Waals surface area contributed by atoms with Crippen LogP contribution in [0.5, 0.6) is 0 Å². The first-order valence-electron chi connectivity index (χ1n) is 8.79. The van der Waals surface area contributed by atoms with Gasteiger partial charge in [-0.25, -0.2) is 0 Å². The van der Waals surface area contributed by atoms with Gasteiger partial charge in [0.25, 0.3) is 0 Å². The number of nitrogens with one attached hydrogen (secondary N) is 2. The number of rotatable bonds is 4. The number of amides is 1. The van der Waals surface area contributed by atoms with Crippen molar-refractivity contribution in [2.45, 2.75) is 59.0 Å². The zero-order chi connectivity index (χ0) is 18.6. The summed E-state index contributed by atoms with van der Waals surface area (Å²) in [6.45, 7) is 11.9. The summed E-state index contributed by atoms with van der Waals surface area (Å²) in [7, 11) is 1.72. The van der Waals surface area contributed by atoms with Gasteiger partial charge in [-0.1, -0.05) is 39.8 Å². The van der Waals surface area contributed by atoms with Crippen molar-refractivity contribution in [2.75, 3.05) is 20.1 Å². The van der Waals surface area contributed by atoms with Crippen LogP contribution in [0.2, 0.25) is 0 Å². The molecule has 1 aromatic heterocycles. The molecule has 8 heteroatoms. The smallest absolute Gasteiger partial charge is 0.232 e. The van der Waals surface area contributed by atoms with Crippen molar-refractivity contribution in [3.63, 3.8) is 0 Å². The molecular formula is C17H30N6O2. The van der Waals surface area contributed by atoms with E-state index in [9.17, 15) is 4.79 Å². The Balaban J connectivity index is 1.84. The standard InChI is InChI=1S/C17H30N6O2/c1-11(2)14(24)23-8-7-12(10-23)20-16(18-6)19-9-13-21-15(25-22-13)17(3,4)5/h11-12H,7-10H2,1-6H3,(H2,18,19,20). The number of guanidine groups is 1. The van der Waals surface area contributed by atoms with Gasteiger partial charge in [0.2, 0.25) is 11.8 Å². The summed E-state index contributed by atoms with van der Waals surface area (Å²) in [6, 6.07) is 0.198. The maximum Gasteiger partial charge on any atom is 0.232 e. The van der Waals surface area contributed by atoms with E-state index in [0.717, 1.165) is 13.0 Å². The zero-order valence-electron chi connectivity index (χ0n) is 16.1. The Morgan fingerprint density at radius 1 is 1.44 bits per heavy atom. The van der Waals surface area contributed by atoms with Crippen LogP contribution in [0.3, 0.4) is 0 Å². The third-order valence-corrected chi connectivity index (χ3v) is 4.08. The molecule has 1 unspecified atom stereocenters. The summed E-state index contributed by atoms with van der Waals surface area (Å²) in [5, 5.41) is 10.5. The van der Waals surface area contributed by atoms with Crippen LogP contribution in [-0.4, -0.2) is 53.1 Å². The van der Waals surface area contributed by atoms with Gasteiger partial charge in [0.15, 0.2) is 11.8 Å². The van der Waals surface area contributed by atoms with E-state index in [4.69, 9.17) is 4.52 Å². The fourth-order valence-corrected chi connectivity index (χ4v) is 2.62. The molecule has 0 radical (unpaired) electrons. The van der Waals surface area contributed by atoms with Crippen LogP contribution in [-0.2, 0) is 16.8 Å². The van der Waals surface area contributed by atoms with E-state index in [1.807, 2.05) is 39.5 Å². The van der Waals surface area contributed by atoms with Gasteiger partial charge in [-0.05, 0) is 6.42 Å². The summed E-state index contributed by atoms with van der Waals surface area (Å²) in [5.41, 5.74) is -0.165. The summed E-state index contributed by atoms with van der Waals surface area (Å²) in [4.78, 5) is 22.6. The SMILES string of the molecule is CN=C(NCc1noc(C(C)(C)C)n1)NC1CCN(C(=O)C(C)C)C1. The number of likely N-dealkylation sites (tertiary alicyclic amines) is 1. The molecule has 2 rings (SSSR count). The molecule has 2 heterocycles. The first-order valence-corrected chi connectivity index (χ1v) is 8.79. The van der Waals surface area contributed by atoms with Crippen molar-refractivity contribution in [1.29, 1.82) is 0 Å². The molecule has 25 heavy (non-hydrogen) atoms. The molecule has 1 aromatic rings. The van der Waals surface area contributed by atoms with Crippen molar-refractivity contribution in [3.8, 4) is 0 Å². The predicted octanol–water partition coefficient (Wildman–Crippen LogP) is 1.29. The highest BCUT2D eigenvalue weighted by molar-refractivity contribution is 5.81. The van der Waals surface area contributed by atoms with E-state index in [1.54, 1.807) is 7.05 Å². The summed E-state index contributed by atoms with van der Waals surface area (Å²) in [5.74, 6) is 2.12. The lowest BCUT2D eigenvalue weighted by Gasteiger charge is -2.20. The lowest BCUT2D eigenvalue weighted by Crippen LogP contribution is -2.45. The molecule has 2 N–H and O–H groups in total. The molecule has 1 aliphatic heterocycles. The van der Waals surface area contributed by atoms with Crippen molar-refractivity contribution in [2.24, 2.45) is 10.9 Å². The van der Waals surface area contributed by atoms with Gasteiger partial charge < -0.3 is 20.1 Å². The average molecular weight is 350 g/mol. The molecule has 0 saturated carbocycles. The van der Waals surface area contributed by atoms with E-state index >= 15 is 0 Å². The van der Waals surface area contributed by atoms with Crippen LogP contribution >= 0.6 is 0 Å². The quantitative estimate of drug-likeness (QED) is 0.627. The number of nitrogens with zero attached hydrogens (tertiary/aromatic N) is 4. The summed E-state index contributed by atoms with van der Waals surface area (Å²) >= 11 is 0. The number of hydrogen-bond acceptors (Lipinski definition) is 5. The maximum absolute atomic E-state index is 12.1. The van der Waals surface area contributed by atoms with Gasteiger partial charge in [-0.2, -0.15) is 4.98 Å². The minimum atomic E-state index is -0.165. The largest absolute Gasteiger partial charge is 0.352 e. The highest BCUT2D eigenvalue weighted by Crippen LogP contribution is 2.19. The van der Waals surface area contributed by atoms with E-state index in [-0.39, 0.29) is 23.3 Å². The van der Waals surface area contributed by atoms with Gasteiger partial charge in [0.05, 0.1) is 6.54 Å². The van der Waals surface area contributed by atoms with Gasteiger partial charge in [-0.15, -0.1) is 0 Å². The lowest BCUT2D eigenvalue weighted by atomic mass is 9.97. The molecule has 1 atom stereocenters. The van der Waals surface area contributed by atoms with Gasteiger partial charge in [0, 0.05) is 37.5 Å². The second kappa shape index (κ2) is 7.84. The highest BCUT2D eigenvalue weighted by Gasteiger charge is 2.28. The molecule has 8 nitrogen and oxygen atoms in total. The van der Waals surface area contributed by atoms with Crippen LogP contribution in [0.1, 0.15) is 52.8 Å². The Bertz CT molecular complexity index is 617. The molecule has 0 aliphatic carbocycles. The molecule has 0 spiro atoms. The van der Waals surface area contributed by atoms with E-state index in [0.29, 0.717) is 30.8 Å². The third-order valence-electron chi connectivity index (χ3n) is 4.08. The number of aromatic nitrogens is 2. The van der Waals surface area contributed by atoms with Crippen LogP contribution in [0.15, 0.2) is 9.52 Å². The fourth-order valence-electron chi connectivity index (χ4n) is 2.62. The first-order chi connectivity index (χ1) is 11.7. The van der Waals surface area contributed by atoms with E-state index in [1.165, 1.54) is 0 Å². The maximum atomic E-state index is 12.1. The van der Waals surface area contributed by atoms with Crippen molar-refractivity contribution in [1.82, 2.24) is 25.7 Å². The molecular weight excluding hydrogens is 320 g/mol. The molecule has 1 saturated heterocycles. The number of hydrogen-bond donors (Lipinski definition) is 2. The minimum absolute atomic E-state index is 0.0337. The van der Waals surface area contributed by atoms with Crippen LogP contribution in [0.25, 0.3) is 0 Å². The highest BCUT2D eigenvalue weighted by atomic mass is 16.5. The second-order valence-corrected chi connectivity index (χ2v) is 7.76. The van der Waals surface area contributed by atoms with E-state index in [2.05, 4.69) is 25.8 Å². The number of carbonyl (C=O) groups is 1. The van der Waals surface area contributed by atoms with Crippen molar-refractivity contribution >= 4 is 11.9 Å². The van der Waals surface area contributed by atoms with Crippen molar-refractivity contribution in [3.05, 3.63) is 11.7 Å². The third kappa shape index (κ3) is 5.17. The van der Waals surface area contributed by atoms with Crippen LogP contribution < -0.4 is 10.6 Å². The Labute approximate surface area is 149 Å². The molecule has 1 aliphatic rings. The normalized spacial score (nSPS) is 18.8. The Hall–Kier alpha value is -2.12. The molecule has 1 fully saturated rings. The average Bonchev–Trinajstić information content (AvgIpc) is 3.19. The minimum Gasteiger partial charge on any atom is -0.352 e. The van der Waals surface area contributed by atoms with Crippen molar-refractivity contribution < 1.29 is 9.32 Å². The molecule has 140 valence electrons. The van der Waals surface area contributed by atoms with Crippen LogP contribution in [0.4, 0.5) is 0 Å². The molecule has 1 amide bonds. The first kappa shape index (κ1) is 19.2. The van der Waals surface area contributed by atoms with E-state index < -0.39 is 0 Å².